The molecule has 0 unspecified atom stereocenters. The number of nitrogens with zero attached hydrogens (tertiary/aromatic N) is 4. The summed E-state index contributed by atoms with van der Waals surface area (Å²) < 4.78 is 10.8. The van der Waals surface area contributed by atoms with Crippen LogP contribution in [0.15, 0.2) is 4.99 Å². The summed E-state index contributed by atoms with van der Waals surface area (Å²) in [6.45, 7) is 19.2. The van der Waals surface area contributed by atoms with E-state index < -0.39 is 5.60 Å². The zero-order chi connectivity index (χ0) is 21.8. The molecule has 0 bridgehead atoms. The summed E-state index contributed by atoms with van der Waals surface area (Å²) in [7, 11) is 0. The van der Waals surface area contributed by atoms with Gasteiger partial charge in [-0.1, -0.05) is 0 Å². The molecule has 2 aliphatic rings. The number of halogens is 1. The lowest BCUT2D eigenvalue weighted by molar-refractivity contribution is 0.0147. The maximum absolute atomic E-state index is 12.2. The Morgan fingerprint density at radius 1 is 1.00 bits per heavy atom. The van der Waals surface area contributed by atoms with Gasteiger partial charge in [-0.2, -0.15) is 0 Å². The van der Waals surface area contributed by atoms with Crippen molar-refractivity contribution < 1.29 is 14.3 Å². The Hall–Kier alpha value is -0.850. The zero-order valence-corrected chi connectivity index (χ0v) is 22.2. The molecule has 0 aromatic carbocycles. The second-order valence-electron chi connectivity index (χ2n) is 8.80. The molecule has 31 heavy (non-hydrogen) atoms. The Bertz CT molecular complexity index is 530. The fraction of sp³-hybridized carbons (Fsp3) is 0.905. The summed E-state index contributed by atoms with van der Waals surface area (Å²) in [4.78, 5) is 23.5. The summed E-state index contributed by atoms with van der Waals surface area (Å²) in [5.74, 6) is 0.881. The Morgan fingerprint density at radius 3 is 2.26 bits per heavy atom. The third kappa shape index (κ3) is 12.1. The van der Waals surface area contributed by atoms with Crippen LogP contribution >= 0.6 is 24.0 Å². The van der Waals surface area contributed by atoms with Crippen LogP contribution in [-0.2, 0) is 9.47 Å². The van der Waals surface area contributed by atoms with Crippen molar-refractivity contribution in [1.82, 2.24) is 25.3 Å². The second-order valence-corrected chi connectivity index (χ2v) is 8.80. The summed E-state index contributed by atoms with van der Waals surface area (Å²) in [5.41, 5.74) is -0.442. The number of morpholine rings is 1. The lowest BCUT2D eigenvalue weighted by Crippen LogP contribution is -2.51. The quantitative estimate of drug-likeness (QED) is 0.204. The Balaban J connectivity index is 0.00000480. The maximum Gasteiger partial charge on any atom is 0.410 e. The van der Waals surface area contributed by atoms with Gasteiger partial charge in [-0.15, -0.1) is 24.0 Å². The van der Waals surface area contributed by atoms with E-state index in [0.717, 1.165) is 84.5 Å². The van der Waals surface area contributed by atoms with E-state index in [2.05, 4.69) is 27.4 Å². The fourth-order valence-corrected chi connectivity index (χ4v) is 3.46. The van der Waals surface area contributed by atoms with Crippen molar-refractivity contribution >= 4 is 36.0 Å². The molecule has 0 spiro atoms. The van der Waals surface area contributed by atoms with Crippen LogP contribution in [0.4, 0.5) is 4.79 Å². The van der Waals surface area contributed by atoms with E-state index in [9.17, 15) is 4.79 Å². The van der Waals surface area contributed by atoms with Crippen LogP contribution in [0.5, 0.6) is 0 Å². The van der Waals surface area contributed by atoms with Crippen molar-refractivity contribution in [2.75, 3.05) is 85.2 Å². The molecule has 9 nitrogen and oxygen atoms in total. The molecule has 182 valence electrons. The second kappa shape index (κ2) is 15.1. The van der Waals surface area contributed by atoms with Gasteiger partial charge in [0.1, 0.15) is 5.60 Å². The van der Waals surface area contributed by atoms with Gasteiger partial charge in [0.25, 0.3) is 0 Å². The number of amides is 1. The van der Waals surface area contributed by atoms with Gasteiger partial charge in [0, 0.05) is 72.0 Å². The molecule has 2 rings (SSSR count). The topological polar surface area (TPSA) is 81.7 Å². The number of aliphatic imine (C=N–C) groups is 1. The molecule has 2 aliphatic heterocycles. The number of carbonyl (C=O) groups excluding carboxylic acids is 1. The Labute approximate surface area is 205 Å². The molecule has 0 radical (unpaired) electrons. The number of rotatable bonds is 8. The molecule has 0 atom stereocenters. The van der Waals surface area contributed by atoms with E-state index in [4.69, 9.17) is 14.5 Å². The van der Waals surface area contributed by atoms with Gasteiger partial charge < -0.3 is 25.0 Å². The molecule has 0 saturated carbocycles. The Morgan fingerprint density at radius 2 is 1.65 bits per heavy atom. The number of piperazine rings is 1. The third-order valence-electron chi connectivity index (χ3n) is 5.09. The van der Waals surface area contributed by atoms with Crippen molar-refractivity contribution in [3.63, 3.8) is 0 Å². The van der Waals surface area contributed by atoms with Crippen LogP contribution < -0.4 is 10.6 Å². The summed E-state index contributed by atoms with van der Waals surface area (Å²) in [6, 6.07) is 0. The number of ether oxygens (including phenoxy) is 2. The number of nitrogens with one attached hydrogen (secondary N) is 2. The molecule has 0 aliphatic carbocycles. The molecule has 0 aromatic heterocycles. The van der Waals surface area contributed by atoms with Gasteiger partial charge >= 0.3 is 6.09 Å². The first-order chi connectivity index (χ1) is 14.4. The smallest absolute Gasteiger partial charge is 0.410 e. The van der Waals surface area contributed by atoms with E-state index in [0.29, 0.717) is 13.1 Å². The average molecular weight is 555 g/mol. The first-order valence-electron chi connectivity index (χ1n) is 11.4. The van der Waals surface area contributed by atoms with Crippen LogP contribution in [-0.4, -0.2) is 118 Å². The van der Waals surface area contributed by atoms with Crippen molar-refractivity contribution in [2.24, 2.45) is 4.99 Å². The van der Waals surface area contributed by atoms with E-state index in [-0.39, 0.29) is 30.1 Å². The predicted octanol–water partition coefficient (Wildman–Crippen LogP) is 1.43. The first-order valence-corrected chi connectivity index (χ1v) is 11.4. The molecule has 1 amide bonds. The molecular formula is C21H43IN6O3. The first kappa shape index (κ1) is 28.2. The highest BCUT2D eigenvalue weighted by Gasteiger charge is 2.25. The molecule has 0 aromatic rings. The minimum Gasteiger partial charge on any atom is -0.444 e. The number of hydrogen-bond donors (Lipinski definition) is 2. The average Bonchev–Trinajstić information content (AvgIpc) is 2.71. The van der Waals surface area contributed by atoms with Gasteiger partial charge in [0.2, 0.25) is 0 Å². The van der Waals surface area contributed by atoms with Crippen LogP contribution in [0.25, 0.3) is 0 Å². The van der Waals surface area contributed by atoms with Crippen LogP contribution in [0.1, 0.15) is 34.1 Å². The van der Waals surface area contributed by atoms with Crippen molar-refractivity contribution in [1.29, 1.82) is 0 Å². The van der Waals surface area contributed by atoms with E-state index in [1.54, 1.807) is 4.90 Å². The molecular weight excluding hydrogens is 511 g/mol. The number of carbonyl (C=O) groups is 1. The van der Waals surface area contributed by atoms with E-state index in [1.165, 1.54) is 0 Å². The normalized spacial score (nSPS) is 19.0. The minimum absolute atomic E-state index is 0. The van der Waals surface area contributed by atoms with Crippen LogP contribution in [0.2, 0.25) is 0 Å². The molecule has 2 saturated heterocycles. The van der Waals surface area contributed by atoms with E-state index >= 15 is 0 Å². The van der Waals surface area contributed by atoms with Gasteiger partial charge in [-0.05, 0) is 34.1 Å². The summed E-state index contributed by atoms with van der Waals surface area (Å²) >= 11 is 0. The van der Waals surface area contributed by atoms with Gasteiger partial charge in [-0.3, -0.25) is 14.8 Å². The predicted molar refractivity (Wildman–Crippen MR) is 136 cm³/mol. The van der Waals surface area contributed by atoms with Gasteiger partial charge in [0.05, 0.1) is 13.2 Å². The fourth-order valence-electron chi connectivity index (χ4n) is 3.46. The van der Waals surface area contributed by atoms with Crippen molar-refractivity contribution in [3.8, 4) is 0 Å². The highest BCUT2D eigenvalue weighted by molar-refractivity contribution is 14.0. The molecule has 2 heterocycles. The number of guanidine groups is 1. The van der Waals surface area contributed by atoms with Crippen LogP contribution in [0.3, 0.4) is 0 Å². The third-order valence-corrected chi connectivity index (χ3v) is 5.09. The SMILES string of the molecule is CCNC(=NCCCN1CCOCC1)NCCN1CCN(C(=O)OC(C)(C)C)CC1.I. The van der Waals surface area contributed by atoms with Gasteiger partial charge in [0.15, 0.2) is 5.96 Å². The monoisotopic (exact) mass is 554 g/mol. The standard InChI is InChI=1S/C21H42N6O3.HI/c1-5-22-19(23-7-6-9-25-15-17-29-18-16-25)24-8-10-26-11-13-27(14-12-26)20(28)30-21(2,3)4;/h5-18H2,1-4H3,(H2,22,23,24);1H. The highest BCUT2D eigenvalue weighted by atomic mass is 127. The summed E-state index contributed by atoms with van der Waals surface area (Å²) in [6.07, 6.45) is 0.849. The lowest BCUT2D eigenvalue weighted by Gasteiger charge is -2.35. The molecule has 2 fully saturated rings. The number of hydrogen-bond acceptors (Lipinski definition) is 6. The highest BCUT2D eigenvalue weighted by Crippen LogP contribution is 2.11. The zero-order valence-electron chi connectivity index (χ0n) is 19.8. The largest absolute Gasteiger partial charge is 0.444 e. The van der Waals surface area contributed by atoms with Gasteiger partial charge in [-0.25, -0.2) is 4.79 Å². The lowest BCUT2D eigenvalue weighted by atomic mass is 10.2. The van der Waals surface area contributed by atoms with Crippen molar-refractivity contribution in [2.45, 2.75) is 39.7 Å². The van der Waals surface area contributed by atoms with E-state index in [1.807, 2.05) is 20.8 Å². The Kier molecular flexibility index (Phi) is 13.7. The van der Waals surface area contributed by atoms with Crippen LogP contribution in [0, 0.1) is 0 Å². The minimum atomic E-state index is -0.442. The summed E-state index contributed by atoms with van der Waals surface area (Å²) in [5, 5.41) is 6.75. The molecule has 10 heteroatoms. The molecule has 2 N–H and O–H groups in total. The maximum atomic E-state index is 12.2. The van der Waals surface area contributed by atoms with Crippen molar-refractivity contribution in [3.05, 3.63) is 0 Å².